The Hall–Kier alpha value is -2.43. The molecule has 0 spiro atoms. The van der Waals surface area contributed by atoms with Crippen molar-refractivity contribution in [2.75, 3.05) is 5.73 Å². The monoisotopic (exact) mass is 229 g/mol. The van der Waals surface area contributed by atoms with Gasteiger partial charge in [-0.1, -0.05) is 6.07 Å². The molecule has 2 aromatic heterocycles. The number of nitrogens with zero attached hydrogens (tertiary/aromatic N) is 2. The van der Waals surface area contributed by atoms with Crippen LogP contribution in [-0.2, 0) is 0 Å². The van der Waals surface area contributed by atoms with Crippen molar-refractivity contribution >= 4 is 16.9 Å². The molecule has 0 saturated carbocycles. The highest BCUT2D eigenvalue weighted by atomic mass is 19.1. The highest BCUT2D eigenvalue weighted by molar-refractivity contribution is 5.83. The van der Waals surface area contributed by atoms with Gasteiger partial charge in [0.05, 0.1) is 5.69 Å². The number of nitrogen functional groups attached to an aromatic ring is 1. The minimum atomic E-state index is -0.342. The van der Waals surface area contributed by atoms with E-state index in [1.165, 1.54) is 12.1 Å². The lowest BCUT2D eigenvalue weighted by Gasteiger charge is -1.94. The van der Waals surface area contributed by atoms with Gasteiger partial charge in [-0.25, -0.2) is 9.37 Å². The fraction of sp³-hybridized carbons (Fsp3) is 0. The van der Waals surface area contributed by atoms with E-state index in [4.69, 9.17) is 10.2 Å². The Kier molecular flexibility index (Phi) is 2.04. The van der Waals surface area contributed by atoms with Gasteiger partial charge in [0, 0.05) is 11.8 Å². The summed E-state index contributed by atoms with van der Waals surface area (Å²) in [7, 11) is 0. The zero-order chi connectivity index (χ0) is 11.8. The van der Waals surface area contributed by atoms with E-state index in [0.717, 1.165) is 0 Å². The van der Waals surface area contributed by atoms with Crippen molar-refractivity contribution in [1.82, 2.24) is 9.97 Å². The summed E-state index contributed by atoms with van der Waals surface area (Å²) in [6.07, 6.45) is 1.55. The lowest BCUT2D eigenvalue weighted by atomic mass is 10.2. The summed E-state index contributed by atoms with van der Waals surface area (Å²) in [6.45, 7) is 0. The normalized spacial score (nSPS) is 10.9. The molecule has 2 heterocycles. The fourth-order valence-electron chi connectivity index (χ4n) is 1.60. The Morgan fingerprint density at radius 2 is 2.12 bits per heavy atom. The third-order valence-electron chi connectivity index (χ3n) is 2.39. The average molecular weight is 229 g/mol. The lowest BCUT2D eigenvalue weighted by Crippen LogP contribution is -1.85. The molecule has 0 radical (unpaired) electrons. The minimum Gasteiger partial charge on any atom is -0.432 e. The zero-order valence-electron chi connectivity index (χ0n) is 8.72. The third-order valence-corrected chi connectivity index (χ3v) is 2.39. The van der Waals surface area contributed by atoms with Crippen molar-refractivity contribution in [2.45, 2.75) is 0 Å². The molecule has 0 bridgehead atoms. The number of benzene rings is 1. The topological polar surface area (TPSA) is 64.9 Å². The maximum absolute atomic E-state index is 13.1. The van der Waals surface area contributed by atoms with Crippen LogP contribution in [0.5, 0.6) is 0 Å². The Morgan fingerprint density at radius 3 is 2.88 bits per heavy atom. The number of anilines is 1. The quantitative estimate of drug-likeness (QED) is 0.696. The molecule has 0 saturated heterocycles. The second kappa shape index (κ2) is 3.55. The second-order valence-corrected chi connectivity index (χ2v) is 3.58. The van der Waals surface area contributed by atoms with Crippen molar-refractivity contribution in [3.63, 3.8) is 0 Å². The first kappa shape index (κ1) is 9.77. The van der Waals surface area contributed by atoms with Crippen molar-refractivity contribution in [3.8, 4) is 11.5 Å². The summed E-state index contributed by atoms with van der Waals surface area (Å²) in [5, 5.41) is 0. The summed E-state index contributed by atoms with van der Waals surface area (Å²) >= 11 is 0. The molecule has 4 nitrogen and oxygen atoms in total. The van der Waals surface area contributed by atoms with Crippen LogP contribution in [-0.4, -0.2) is 9.97 Å². The molecule has 3 aromatic rings. The van der Waals surface area contributed by atoms with Gasteiger partial charge in [-0.3, -0.25) is 0 Å². The van der Waals surface area contributed by atoms with Crippen LogP contribution in [0, 0.1) is 5.82 Å². The smallest absolute Gasteiger partial charge is 0.229 e. The van der Waals surface area contributed by atoms with Gasteiger partial charge in [-0.05, 0) is 24.3 Å². The van der Waals surface area contributed by atoms with Gasteiger partial charge >= 0.3 is 0 Å². The summed E-state index contributed by atoms with van der Waals surface area (Å²) < 4.78 is 18.6. The lowest BCUT2D eigenvalue weighted by molar-refractivity contribution is 0.612. The van der Waals surface area contributed by atoms with Gasteiger partial charge in [0.2, 0.25) is 11.5 Å². The van der Waals surface area contributed by atoms with Crippen LogP contribution >= 0.6 is 0 Å². The van der Waals surface area contributed by atoms with Crippen LogP contribution < -0.4 is 5.73 Å². The number of aromatic nitrogens is 2. The number of nitrogens with two attached hydrogens (primary N) is 1. The van der Waals surface area contributed by atoms with E-state index in [2.05, 4.69) is 9.97 Å². The molecular formula is C12H8FN3O. The fourth-order valence-corrected chi connectivity index (χ4v) is 1.60. The predicted octanol–water partition coefficient (Wildman–Crippen LogP) is 2.61. The summed E-state index contributed by atoms with van der Waals surface area (Å²) in [4.78, 5) is 8.19. The first-order valence-corrected chi connectivity index (χ1v) is 5.01. The largest absolute Gasteiger partial charge is 0.432 e. The Labute approximate surface area is 95.9 Å². The van der Waals surface area contributed by atoms with Gasteiger partial charge in [0.1, 0.15) is 5.82 Å². The molecule has 0 aliphatic carbocycles. The zero-order valence-corrected chi connectivity index (χ0v) is 8.72. The van der Waals surface area contributed by atoms with Gasteiger partial charge in [-0.2, -0.15) is 4.98 Å². The summed E-state index contributed by atoms with van der Waals surface area (Å²) in [5.41, 5.74) is 7.59. The van der Waals surface area contributed by atoms with E-state index in [9.17, 15) is 4.39 Å². The van der Waals surface area contributed by atoms with Crippen molar-refractivity contribution in [1.29, 1.82) is 0 Å². The number of oxazole rings is 1. The van der Waals surface area contributed by atoms with Gasteiger partial charge in [0.25, 0.3) is 0 Å². The van der Waals surface area contributed by atoms with Crippen LogP contribution in [0.1, 0.15) is 0 Å². The Bertz CT molecular complexity index is 693. The number of halogens is 1. The molecule has 2 N–H and O–H groups in total. The average Bonchev–Trinajstić information content (AvgIpc) is 2.74. The van der Waals surface area contributed by atoms with Crippen molar-refractivity contribution < 1.29 is 8.81 Å². The second-order valence-electron chi connectivity index (χ2n) is 3.58. The van der Waals surface area contributed by atoms with Crippen LogP contribution in [0.15, 0.2) is 40.9 Å². The van der Waals surface area contributed by atoms with Crippen molar-refractivity contribution in [2.24, 2.45) is 0 Å². The van der Waals surface area contributed by atoms with Gasteiger partial charge < -0.3 is 10.2 Å². The molecule has 0 unspecified atom stereocenters. The molecule has 0 atom stereocenters. The van der Waals surface area contributed by atoms with E-state index in [1.54, 1.807) is 24.4 Å². The van der Waals surface area contributed by atoms with E-state index in [1.807, 2.05) is 0 Å². The first-order valence-electron chi connectivity index (χ1n) is 5.01. The molecule has 0 aliphatic rings. The number of hydrogen-bond donors (Lipinski definition) is 1. The predicted molar refractivity (Wildman–Crippen MR) is 61.6 cm³/mol. The summed E-state index contributed by atoms with van der Waals surface area (Å²) in [5.74, 6) is -0.0319. The molecule has 1 aromatic carbocycles. The highest BCUT2D eigenvalue weighted by Gasteiger charge is 2.11. The van der Waals surface area contributed by atoms with Crippen LogP contribution in [0.3, 0.4) is 0 Å². The van der Waals surface area contributed by atoms with Gasteiger partial charge in [0.15, 0.2) is 5.58 Å². The third kappa shape index (κ3) is 1.61. The summed E-state index contributed by atoms with van der Waals surface area (Å²) in [6, 6.07) is 7.64. The molecule has 0 amide bonds. The van der Waals surface area contributed by atoms with Gasteiger partial charge in [-0.15, -0.1) is 0 Å². The van der Waals surface area contributed by atoms with E-state index in [-0.39, 0.29) is 5.82 Å². The molecule has 3 rings (SSSR count). The highest BCUT2D eigenvalue weighted by Crippen LogP contribution is 2.26. The molecule has 0 aliphatic heterocycles. The maximum atomic E-state index is 13.1. The number of fused-ring (bicyclic) bond motifs is 1. The SMILES string of the molecule is Nc1ccnc2nc(-c3cccc(F)c3)oc12. The van der Waals surface area contributed by atoms with Crippen molar-refractivity contribution in [3.05, 3.63) is 42.3 Å². The molecular weight excluding hydrogens is 221 g/mol. The Morgan fingerprint density at radius 1 is 1.24 bits per heavy atom. The molecule has 5 heteroatoms. The van der Waals surface area contributed by atoms with E-state index >= 15 is 0 Å². The molecule has 17 heavy (non-hydrogen) atoms. The molecule has 84 valence electrons. The number of hydrogen-bond acceptors (Lipinski definition) is 4. The number of pyridine rings is 1. The number of rotatable bonds is 1. The first-order chi connectivity index (χ1) is 8.24. The molecule has 0 fully saturated rings. The van der Waals surface area contributed by atoms with Crippen LogP contribution in [0.2, 0.25) is 0 Å². The van der Waals surface area contributed by atoms with Crippen LogP contribution in [0.4, 0.5) is 10.1 Å². The van der Waals surface area contributed by atoms with Crippen LogP contribution in [0.25, 0.3) is 22.7 Å². The van der Waals surface area contributed by atoms with E-state index < -0.39 is 0 Å². The van der Waals surface area contributed by atoms with E-state index in [0.29, 0.717) is 28.4 Å². The standard InChI is InChI=1S/C12H8FN3O/c13-8-3-1-2-7(6-8)12-16-11-10(17-12)9(14)4-5-15-11/h1-6H,(H2,14,15). The Balaban J connectivity index is 2.22. The maximum Gasteiger partial charge on any atom is 0.229 e. The minimum absolute atomic E-state index is 0.310.